The van der Waals surface area contributed by atoms with Crippen LogP contribution in [0.1, 0.15) is 79.6 Å². The van der Waals surface area contributed by atoms with Crippen molar-refractivity contribution in [3.05, 3.63) is 23.8 Å². The van der Waals surface area contributed by atoms with Crippen LogP contribution in [0.2, 0.25) is 0 Å². The van der Waals surface area contributed by atoms with Gasteiger partial charge in [0.05, 0.1) is 12.7 Å². The van der Waals surface area contributed by atoms with E-state index < -0.39 is 52.4 Å². The lowest BCUT2D eigenvalue weighted by Crippen LogP contribution is -2.69. The Balaban J connectivity index is 0.000000364. The Bertz CT molecular complexity index is 975. The molecular weight excluding hydrogens is 479 g/mol. The van der Waals surface area contributed by atoms with E-state index in [0.29, 0.717) is 37.9 Å². The highest BCUT2D eigenvalue weighted by molar-refractivity contribution is 6.01. The predicted octanol–water partition coefficient (Wildman–Crippen LogP) is 3.64. The average molecular weight is 523 g/mol. The third-order valence-corrected chi connectivity index (χ3v) is 9.71. The number of rotatable bonds is 6. The van der Waals surface area contributed by atoms with Gasteiger partial charge in [0.2, 0.25) is 0 Å². The van der Waals surface area contributed by atoms with Crippen molar-refractivity contribution < 1.29 is 38.8 Å². The smallest absolute Gasteiger partial charge is 0.305 e. The number of halogens is 1. The van der Waals surface area contributed by atoms with E-state index in [1.807, 2.05) is 13.8 Å². The van der Waals surface area contributed by atoms with E-state index in [1.165, 1.54) is 12.2 Å². The summed E-state index contributed by atoms with van der Waals surface area (Å²) < 4.78 is 21.7. The van der Waals surface area contributed by atoms with Crippen LogP contribution in [0.15, 0.2) is 23.8 Å². The summed E-state index contributed by atoms with van der Waals surface area (Å²) >= 11 is 0. The van der Waals surface area contributed by atoms with Gasteiger partial charge in [-0.3, -0.25) is 14.4 Å². The first kappa shape index (κ1) is 29.7. The Hall–Kier alpha value is -1.90. The Morgan fingerprint density at radius 3 is 2.46 bits per heavy atom. The van der Waals surface area contributed by atoms with E-state index in [1.54, 1.807) is 26.8 Å². The number of aliphatic hydroxyl groups excluding tert-OH is 2. The molecule has 0 aliphatic heterocycles. The minimum Gasteiger partial charge on any atom is -0.466 e. The quantitative estimate of drug-likeness (QED) is 0.456. The van der Waals surface area contributed by atoms with Crippen LogP contribution in [0.3, 0.4) is 0 Å². The summed E-state index contributed by atoms with van der Waals surface area (Å²) in [6, 6.07) is 0. The fourth-order valence-corrected chi connectivity index (χ4v) is 7.75. The van der Waals surface area contributed by atoms with Crippen LogP contribution in [-0.2, 0) is 19.1 Å². The molecule has 4 rings (SSSR count). The first-order valence-electron chi connectivity index (χ1n) is 13.6. The van der Waals surface area contributed by atoms with Crippen molar-refractivity contribution >= 4 is 17.5 Å². The van der Waals surface area contributed by atoms with Crippen molar-refractivity contribution in [2.45, 2.75) is 96.9 Å². The van der Waals surface area contributed by atoms with Gasteiger partial charge in [-0.15, -0.1) is 0 Å². The highest BCUT2D eigenvalue weighted by Gasteiger charge is 2.75. The van der Waals surface area contributed by atoms with Crippen molar-refractivity contribution in [3.8, 4) is 0 Å². The normalized spacial score (nSPS) is 42.0. The van der Waals surface area contributed by atoms with Crippen molar-refractivity contribution in [3.63, 3.8) is 0 Å². The lowest BCUT2D eigenvalue weighted by molar-refractivity contribution is -0.219. The number of ether oxygens (including phenoxy) is 1. The molecule has 4 aliphatic rings. The van der Waals surface area contributed by atoms with E-state index in [9.17, 15) is 29.7 Å². The Kier molecular flexibility index (Phi) is 8.57. The van der Waals surface area contributed by atoms with Crippen molar-refractivity contribution in [1.29, 1.82) is 0 Å². The van der Waals surface area contributed by atoms with E-state index in [-0.39, 0.29) is 24.1 Å². The predicted molar refractivity (Wildman–Crippen MR) is 136 cm³/mol. The molecule has 3 N–H and O–H groups in total. The number of fused-ring (bicyclic) bond motifs is 5. The zero-order valence-electron chi connectivity index (χ0n) is 22.8. The van der Waals surface area contributed by atoms with Crippen molar-refractivity contribution in [1.82, 2.24) is 0 Å². The maximum absolute atomic E-state index is 16.9. The number of carbonyl (C=O) groups excluding carboxylic acids is 3. The molecule has 3 saturated carbocycles. The summed E-state index contributed by atoms with van der Waals surface area (Å²) in [5.74, 6) is -2.19. The van der Waals surface area contributed by atoms with Crippen molar-refractivity contribution in [2.24, 2.45) is 28.6 Å². The summed E-state index contributed by atoms with van der Waals surface area (Å²) in [6.45, 7) is 9.00. The molecule has 37 heavy (non-hydrogen) atoms. The molecule has 208 valence electrons. The summed E-state index contributed by atoms with van der Waals surface area (Å²) in [6.07, 6.45) is 6.78. The zero-order valence-corrected chi connectivity index (χ0v) is 22.8. The second kappa shape index (κ2) is 10.7. The molecule has 7 nitrogen and oxygen atoms in total. The highest BCUT2D eigenvalue weighted by Crippen LogP contribution is 2.70. The molecule has 0 aromatic carbocycles. The largest absolute Gasteiger partial charge is 0.466 e. The zero-order chi connectivity index (χ0) is 27.8. The lowest BCUT2D eigenvalue weighted by Gasteiger charge is -2.62. The van der Waals surface area contributed by atoms with Gasteiger partial charge in [-0.05, 0) is 69.4 Å². The third-order valence-electron chi connectivity index (χ3n) is 9.71. The minimum atomic E-state index is -1.98. The molecule has 0 saturated heterocycles. The monoisotopic (exact) mass is 522 g/mol. The topological polar surface area (TPSA) is 121 Å². The number of carbonyl (C=O) groups is 3. The van der Waals surface area contributed by atoms with Gasteiger partial charge in [-0.2, -0.15) is 0 Å². The summed E-state index contributed by atoms with van der Waals surface area (Å²) in [5.41, 5.74) is -5.17. The molecule has 8 atom stereocenters. The molecular formula is C29H43FO7. The second-order valence-electron chi connectivity index (χ2n) is 11.7. The van der Waals surface area contributed by atoms with Gasteiger partial charge in [-0.1, -0.05) is 39.3 Å². The third kappa shape index (κ3) is 4.43. The van der Waals surface area contributed by atoms with Crippen LogP contribution in [-0.4, -0.2) is 63.4 Å². The van der Waals surface area contributed by atoms with E-state index in [2.05, 4.69) is 0 Å². The van der Waals surface area contributed by atoms with E-state index >= 15 is 4.39 Å². The number of allylic oxidation sites excluding steroid dienone is 4. The SMILES string of the molecule is CCCOC(=O)CCC.C[C@H]1C[C@H]2[C@@H]3CCC4=CC(=O)C=C[C@]4(C)[C@@]3(F)[C@@H](O)C[C@]2(C)[C@@]1(O)C(=O)CO. The number of hydrogen-bond acceptors (Lipinski definition) is 7. The minimum absolute atomic E-state index is 0.0676. The van der Waals surface area contributed by atoms with Gasteiger partial charge < -0.3 is 20.1 Å². The molecule has 0 bridgehead atoms. The maximum Gasteiger partial charge on any atom is 0.305 e. The summed E-state index contributed by atoms with van der Waals surface area (Å²) in [7, 11) is 0. The number of hydrogen-bond donors (Lipinski definition) is 3. The van der Waals surface area contributed by atoms with Gasteiger partial charge in [-0.25, -0.2) is 4.39 Å². The van der Waals surface area contributed by atoms with Gasteiger partial charge in [0, 0.05) is 23.2 Å². The maximum atomic E-state index is 16.9. The summed E-state index contributed by atoms with van der Waals surface area (Å²) in [5, 5.41) is 32.0. The Morgan fingerprint density at radius 1 is 1.19 bits per heavy atom. The molecule has 0 aromatic rings. The Labute approximate surface area is 219 Å². The Morgan fingerprint density at radius 2 is 1.86 bits per heavy atom. The average Bonchev–Trinajstić information content (AvgIpc) is 3.05. The molecule has 4 aliphatic carbocycles. The van der Waals surface area contributed by atoms with Crippen LogP contribution in [0.4, 0.5) is 4.39 Å². The first-order chi connectivity index (χ1) is 17.3. The molecule has 0 unspecified atom stereocenters. The summed E-state index contributed by atoms with van der Waals surface area (Å²) in [4.78, 5) is 35.0. The second-order valence-corrected chi connectivity index (χ2v) is 11.7. The highest BCUT2D eigenvalue weighted by atomic mass is 19.1. The number of alkyl halides is 1. The van der Waals surface area contributed by atoms with Crippen LogP contribution < -0.4 is 0 Å². The van der Waals surface area contributed by atoms with Crippen LogP contribution in [0.5, 0.6) is 0 Å². The molecule has 0 spiro atoms. The molecule has 0 amide bonds. The number of Topliss-reactive ketones (excluding diaryl/α,β-unsaturated/α-hetero) is 1. The fourth-order valence-electron chi connectivity index (χ4n) is 7.75. The number of aliphatic hydroxyl groups is 3. The van der Waals surface area contributed by atoms with Crippen LogP contribution >= 0.6 is 0 Å². The molecule has 0 aromatic heterocycles. The molecule has 0 radical (unpaired) electrons. The number of ketones is 2. The van der Waals surface area contributed by atoms with Gasteiger partial charge in [0.1, 0.15) is 12.2 Å². The number of esters is 1. The van der Waals surface area contributed by atoms with E-state index in [4.69, 9.17) is 4.74 Å². The van der Waals surface area contributed by atoms with Gasteiger partial charge in [0.15, 0.2) is 17.2 Å². The van der Waals surface area contributed by atoms with Gasteiger partial charge in [0.25, 0.3) is 0 Å². The standard InChI is InChI=1S/C22H29FO5.C7H14O2/c1-12-8-16-15-5-4-13-9-14(25)6-7-19(13,2)21(15,23)17(26)10-20(16,3)22(12,28)18(27)11-24;1-3-5-7(8)9-6-4-2/h6-7,9,12,15-17,24,26,28H,4-5,8,10-11H2,1-3H3;3-6H2,1-2H3/t12-,15-,16-,17-,19-,20-,21-,22-;/m0./s1. The van der Waals surface area contributed by atoms with Crippen LogP contribution in [0.25, 0.3) is 0 Å². The molecule has 3 fully saturated rings. The fraction of sp³-hybridized carbons (Fsp3) is 0.759. The van der Waals surface area contributed by atoms with E-state index in [0.717, 1.165) is 12.8 Å². The molecule has 0 heterocycles. The van der Waals surface area contributed by atoms with Gasteiger partial charge >= 0.3 is 5.97 Å². The van der Waals surface area contributed by atoms with Crippen molar-refractivity contribution in [2.75, 3.05) is 13.2 Å². The van der Waals surface area contributed by atoms with Crippen LogP contribution in [0, 0.1) is 28.6 Å². The lowest BCUT2D eigenvalue weighted by atomic mass is 9.44. The first-order valence-corrected chi connectivity index (χ1v) is 13.6. The molecule has 8 heteroatoms.